The predicted molar refractivity (Wildman–Crippen MR) is 77.9 cm³/mol. The smallest absolute Gasteiger partial charge is 0.195 e. The molecule has 1 aromatic carbocycles. The first-order valence-electron chi connectivity index (χ1n) is 6.48. The molecule has 19 heavy (non-hydrogen) atoms. The van der Waals surface area contributed by atoms with E-state index in [2.05, 4.69) is 36.2 Å². The second-order valence-electron chi connectivity index (χ2n) is 4.70. The fourth-order valence-electron chi connectivity index (χ4n) is 1.88. The largest absolute Gasteiger partial charge is 0.486 e. The van der Waals surface area contributed by atoms with E-state index in [4.69, 9.17) is 17.0 Å². The van der Waals surface area contributed by atoms with Crippen LogP contribution < -0.4 is 4.74 Å². The maximum absolute atomic E-state index is 5.73. The fraction of sp³-hybridized carbons (Fsp3) is 0.429. The van der Waals surface area contributed by atoms with E-state index in [1.54, 1.807) is 0 Å². The first-order valence-corrected chi connectivity index (χ1v) is 6.89. The Balaban J connectivity index is 2.04. The number of rotatable bonds is 5. The van der Waals surface area contributed by atoms with E-state index in [0.29, 0.717) is 17.3 Å². The predicted octanol–water partition coefficient (Wildman–Crippen LogP) is 3.66. The molecule has 1 aromatic heterocycles. The number of aromatic amines is 1. The van der Waals surface area contributed by atoms with Gasteiger partial charge >= 0.3 is 0 Å². The van der Waals surface area contributed by atoms with Crippen LogP contribution in [-0.2, 0) is 13.2 Å². The zero-order valence-electron chi connectivity index (χ0n) is 11.5. The number of nitrogens with one attached hydrogen (secondary N) is 1. The lowest BCUT2D eigenvalue weighted by atomic mass is 10.0. The van der Waals surface area contributed by atoms with Gasteiger partial charge in [0.2, 0.25) is 0 Å². The third kappa shape index (κ3) is 3.23. The third-order valence-corrected chi connectivity index (χ3v) is 3.38. The number of nitrogens with zero attached hydrogens (tertiary/aromatic N) is 2. The van der Waals surface area contributed by atoms with Gasteiger partial charge in [0.15, 0.2) is 10.6 Å². The van der Waals surface area contributed by atoms with Crippen LogP contribution in [-0.4, -0.2) is 14.8 Å². The van der Waals surface area contributed by atoms with Crippen LogP contribution in [0.25, 0.3) is 0 Å². The van der Waals surface area contributed by atoms with Crippen LogP contribution in [0.3, 0.4) is 0 Å². The van der Waals surface area contributed by atoms with Gasteiger partial charge in [-0.25, -0.2) is 0 Å². The monoisotopic (exact) mass is 277 g/mol. The molecule has 0 fully saturated rings. The van der Waals surface area contributed by atoms with Crippen LogP contribution >= 0.6 is 12.2 Å². The SMILES string of the molecule is CCn1c(COc2ccc(C(C)C)cc2)n[nH]c1=S. The normalized spacial score (nSPS) is 10.9. The van der Waals surface area contributed by atoms with Gasteiger partial charge in [-0.15, -0.1) is 0 Å². The molecule has 1 N–H and O–H groups in total. The molecule has 0 bridgehead atoms. The summed E-state index contributed by atoms with van der Waals surface area (Å²) in [5.41, 5.74) is 1.31. The van der Waals surface area contributed by atoms with Crippen molar-refractivity contribution in [1.29, 1.82) is 0 Å². The molecule has 5 heteroatoms. The molecule has 0 amide bonds. The Kier molecular flexibility index (Phi) is 4.37. The molecule has 1 heterocycles. The van der Waals surface area contributed by atoms with Crippen LogP contribution in [0.1, 0.15) is 38.1 Å². The average Bonchev–Trinajstić information content (AvgIpc) is 2.77. The van der Waals surface area contributed by atoms with Gasteiger partial charge in [0.25, 0.3) is 0 Å². The van der Waals surface area contributed by atoms with Crippen LogP contribution in [0.15, 0.2) is 24.3 Å². The van der Waals surface area contributed by atoms with E-state index in [9.17, 15) is 0 Å². The van der Waals surface area contributed by atoms with Crippen molar-refractivity contribution in [2.75, 3.05) is 0 Å². The quantitative estimate of drug-likeness (QED) is 0.848. The molecule has 0 saturated carbocycles. The molecule has 0 spiro atoms. The first kappa shape index (κ1) is 13.8. The Morgan fingerprint density at radius 1 is 1.32 bits per heavy atom. The summed E-state index contributed by atoms with van der Waals surface area (Å²) in [5.74, 6) is 2.20. The maximum Gasteiger partial charge on any atom is 0.195 e. The second-order valence-corrected chi connectivity index (χ2v) is 5.09. The van der Waals surface area contributed by atoms with Crippen molar-refractivity contribution in [3.63, 3.8) is 0 Å². The minimum Gasteiger partial charge on any atom is -0.486 e. The molecular weight excluding hydrogens is 258 g/mol. The number of hydrogen-bond acceptors (Lipinski definition) is 3. The lowest BCUT2D eigenvalue weighted by Crippen LogP contribution is -2.06. The van der Waals surface area contributed by atoms with Crippen LogP contribution in [0.5, 0.6) is 5.75 Å². The highest BCUT2D eigenvalue weighted by molar-refractivity contribution is 7.71. The lowest BCUT2D eigenvalue weighted by Gasteiger charge is -2.09. The molecule has 0 saturated heterocycles. The lowest BCUT2D eigenvalue weighted by molar-refractivity contribution is 0.289. The van der Waals surface area contributed by atoms with Gasteiger partial charge in [-0.1, -0.05) is 26.0 Å². The molecule has 0 radical (unpaired) electrons. The van der Waals surface area contributed by atoms with E-state index in [1.807, 2.05) is 23.6 Å². The fourth-order valence-corrected chi connectivity index (χ4v) is 2.16. The number of ether oxygens (including phenoxy) is 1. The molecule has 0 aliphatic heterocycles. The molecule has 0 aliphatic rings. The standard InChI is InChI=1S/C14H19N3OS/c1-4-17-13(15-16-14(17)19)9-18-12-7-5-11(6-8-12)10(2)3/h5-8,10H,4,9H2,1-3H3,(H,16,19). The first-order chi connectivity index (χ1) is 9.11. The van der Waals surface area contributed by atoms with Gasteiger partial charge in [0.1, 0.15) is 12.4 Å². The third-order valence-electron chi connectivity index (χ3n) is 3.07. The van der Waals surface area contributed by atoms with Crippen molar-refractivity contribution < 1.29 is 4.74 Å². The highest BCUT2D eigenvalue weighted by Crippen LogP contribution is 2.19. The zero-order chi connectivity index (χ0) is 13.8. The summed E-state index contributed by atoms with van der Waals surface area (Å²) in [5, 5.41) is 6.95. The Hall–Kier alpha value is -1.62. The minimum absolute atomic E-state index is 0.419. The van der Waals surface area contributed by atoms with E-state index in [-0.39, 0.29) is 0 Å². The van der Waals surface area contributed by atoms with Gasteiger partial charge in [0, 0.05) is 6.54 Å². The highest BCUT2D eigenvalue weighted by Gasteiger charge is 2.05. The van der Waals surface area contributed by atoms with Gasteiger partial charge in [-0.05, 0) is 42.8 Å². The minimum atomic E-state index is 0.419. The van der Waals surface area contributed by atoms with Crippen molar-refractivity contribution in [1.82, 2.24) is 14.8 Å². The summed E-state index contributed by atoms with van der Waals surface area (Å²) in [7, 11) is 0. The van der Waals surface area contributed by atoms with Crippen molar-refractivity contribution in [2.45, 2.75) is 39.8 Å². The summed E-state index contributed by atoms with van der Waals surface area (Å²) in [4.78, 5) is 0. The Morgan fingerprint density at radius 2 is 2.00 bits per heavy atom. The summed E-state index contributed by atoms with van der Waals surface area (Å²) in [6, 6.07) is 8.17. The molecule has 0 atom stereocenters. The van der Waals surface area contributed by atoms with Crippen molar-refractivity contribution in [3.8, 4) is 5.75 Å². The maximum atomic E-state index is 5.73. The molecule has 102 valence electrons. The van der Waals surface area contributed by atoms with Crippen LogP contribution in [0.2, 0.25) is 0 Å². The summed E-state index contributed by atoms with van der Waals surface area (Å²) in [6.45, 7) is 7.60. The van der Waals surface area contributed by atoms with Gasteiger partial charge in [-0.2, -0.15) is 5.10 Å². The second kappa shape index (κ2) is 6.02. The Morgan fingerprint density at radius 3 is 2.58 bits per heavy atom. The molecular formula is C14H19N3OS. The van der Waals surface area contributed by atoms with Crippen LogP contribution in [0, 0.1) is 4.77 Å². The number of aromatic nitrogens is 3. The summed E-state index contributed by atoms with van der Waals surface area (Å²) >= 11 is 5.14. The Bertz CT molecular complexity index is 583. The van der Waals surface area contributed by atoms with Crippen molar-refractivity contribution >= 4 is 12.2 Å². The molecule has 2 rings (SSSR count). The van der Waals surface area contributed by atoms with Gasteiger partial charge in [0.05, 0.1) is 0 Å². The van der Waals surface area contributed by atoms with Gasteiger partial charge in [-0.3, -0.25) is 5.10 Å². The van der Waals surface area contributed by atoms with E-state index >= 15 is 0 Å². The number of benzene rings is 1. The molecule has 4 nitrogen and oxygen atoms in total. The number of hydrogen-bond donors (Lipinski definition) is 1. The Labute approximate surface area is 118 Å². The molecule has 0 aliphatic carbocycles. The van der Waals surface area contributed by atoms with Crippen molar-refractivity contribution in [3.05, 3.63) is 40.4 Å². The topological polar surface area (TPSA) is 42.8 Å². The number of H-pyrrole nitrogens is 1. The zero-order valence-corrected chi connectivity index (χ0v) is 12.3. The summed E-state index contributed by atoms with van der Waals surface area (Å²) in [6.07, 6.45) is 0. The molecule has 2 aromatic rings. The van der Waals surface area contributed by atoms with E-state index in [1.165, 1.54) is 5.56 Å². The molecule has 0 unspecified atom stereocenters. The van der Waals surface area contributed by atoms with E-state index in [0.717, 1.165) is 18.1 Å². The van der Waals surface area contributed by atoms with Gasteiger partial charge < -0.3 is 9.30 Å². The van der Waals surface area contributed by atoms with Crippen LogP contribution in [0.4, 0.5) is 0 Å². The van der Waals surface area contributed by atoms with Crippen molar-refractivity contribution in [2.24, 2.45) is 0 Å². The average molecular weight is 277 g/mol. The van der Waals surface area contributed by atoms with E-state index < -0.39 is 0 Å². The highest BCUT2D eigenvalue weighted by atomic mass is 32.1. The summed E-state index contributed by atoms with van der Waals surface area (Å²) < 4.78 is 8.30.